The molecule has 0 radical (unpaired) electrons. The lowest BCUT2D eigenvalue weighted by molar-refractivity contribution is 0.0159. The van der Waals surface area contributed by atoms with E-state index < -0.39 is 5.60 Å². The lowest BCUT2D eigenvalue weighted by Crippen LogP contribution is -2.55. The molecule has 2 atom stereocenters. The number of piperazine rings is 2. The van der Waals surface area contributed by atoms with Crippen molar-refractivity contribution in [3.8, 4) is 22.8 Å². The average molecular weight is 797 g/mol. The third-order valence-corrected chi connectivity index (χ3v) is 11.3. The summed E-state index contributed by atoms with van der Waals surface area (Å²) in [4.78, 5) is 36.1. The Labute approximate surface area is 350 Å². The van der Waals surface area contributed by atoms with E-state index in [0.717, 1.165) is 83.3 Å². The molecule has 0 aliphatic carbocycles. The standard InChI is InChI=1S/C27H36N4O2.C22H28N4/c1-18-17-30(15-16-31(18)25(32)33-27(5,6)7)22-10-8-9-21-23(22)29-24(28-21)19-11-13-20(14-12-19)26(2,3)4;1-15-14-26(13-12-23-15)19-7-5-6-18-20(19)25-21(24-18)16-8-10-17(11-9-16)22(2,3)4/h8-14,18H,15-17H2,1-7H3,(H,28,29);5-11,15,23H,12-14H2,1-4H3,(H,24,25)/t18-;15-/m00/s1. The molecule has 2 fully saturated rings. The van der Waals surface area contributed by atoms with Gasteiger partial charge in [0.1, 0.15) is 28.3 Å². The Balaban J connectivity index is 0.000000184. The summed E-state index contributed by atoms with van der Waals surface area (Å²) in [5.41, 5.74) is 11.1. The van der Waals surface area contributed by atoms with Crippen LogP contribution in [-0.4, -0.2) is 87.9 Å². The summed E-state index contributed by atoms with van der Waals surface area (Å²) in [7, 11) is 0. The number of amides is 1. The number of fused-ring (bicyclic) bond motifs is 2. The molecule has 0 unspecified atom stereocenters. The normalized spacial score (nSPS) is 17.9. The lowest BCUT2D eigenvalue weighted by atomic mass is 9.87. The first kappa shape index (κ1) is 41.8. The number of para-hydroxylation sites is 2. The number of hydrogen-bond acceptors (Lipinski definition) is 7. The van der Waals surface area contributed by atoms with E-state index in [1.807, 2.05) is 25.7 Å². The zero-order chi connectivity index (χ0) is 42.3. The Kier molecular flexibility index (Phi) is 11.6. The van der Waals surface area contributed by atoms with Crippen LogP contribution in [0.2, 0.25) is 0 Å². The number of imidazole rings is 2. The van der Waals surface area contributed by atoms with Gasteiger partial charge in [-0.3, -0.25) is 0 Å². The molecule has 8 rings (SSSR count). The number of benzene rings is 4. The van der Waals surface area contributed by atoms with Crippen LogP contribution in [0, 0.1) is 0 Å². The number of rotatable bonds is 4. The van der Waals surface area contributed by atoms with Crippen LogP contribution in [0.1, 0.15) is 87.3 Å². The molecule has 6 aromatic rings. The van der Waals surface area contributed by atoms with Gasteiger partial charge in [0.25, 0.3) is 0 Å². The van der Waals surface area contributed by atoms with Crippen molar-refractivity contribution >= 4 is 39.5 Å². The highest BCUT2D eigenvalue weighted by Crippen LogP contribution is 2.33. The van der Waals surface area contributed by atoms with Gasteiger partial charge in [-0.2, -0.15) is 0 Å². The molecule has 10 nitrogen and oxygen atoms in total. The Morgan fingerprint density at radius 3 is 1.53 bits per heavy atom. The van der Waals surface area contributed by atoms with Crippen molar-refractivity contribution in [2.75, 3.05) is 49.1 Å². The summed E-state index contributed by atoms with van der Waals surface area (Å²) in [5.74, 6) is 1.81. The van der Waals surface area contributed by atoms with E-state index in [1.165, 1.54) is 16.8 Å². The molecule has 0 bridgehead atoms. The molecule has 4 heterocycles. The Bertz CT molecular complexity index is 2370. The highest BCUT2D eigenvalue weighted by Gasteiger charge is 2.32. The van der Waals surface area contributed by atoms with Crippen LogP contribution in [0.3, 0.4) is 0 Å². The molecular formula is C49H64N8O2. The number of nitrogens with one attached hydrogen (secondary N) is 3. The van der Waals surface area contributed by atoms with Crippen LogP contribution in [0.4, 0.5) is 16.2 Å². The van der Waals surface area contributed by atoms with Gasteiger partial charge >= 0.3 is 6.09 Å². The van der Waals surface area contributed by atoms with E-state index in [9.17, 15) is 4.79 Å². The monoisotopic (exact) mass is 797 g/mol. The Morgan fingerprint density at radius 2 is 1.10 bits per heavy atom. The second-order valence-corrected chi connectivity index (χ2v) is 19.4. The van der Waals surface area contributed by atoms with Crippen LogP contribution in [0.15, 0.2) is 84.9 Å². The number of aromatic amines is 2. The van der Waals surface area contributed by atoms with Gasteiger partial charge in [-0.1, -0.05) is 102 Å². The van der Waals surface area contributed by atoms with E-state index in [4.69, 9.17) is 14.7 Å². The molecule has 59 heavy (non-hydrogen) atoms. The van der Waals surface area contributed by atoms with Crippen molar-refractivity contribution in [3.63, 3.8) is 0 Å². The third-order valence-electron chi connectivity index (χ3n) is 11.3. The number of H-pyrrole nitrogens is 2. The van der Waals surface area contributed by atoms with E-state index in [0.29, 0.717) is 12.6 Å². The van der Waals surface area contributed by atoms with Crippen LogP contribution in [0.5, 0.6) is 0 Å². The van der Waals surface area contributed by atoms with E-state index in [2.05, 4.69) is 165 Å². The van der Waals surface area contributed by atoms with Crippen LogP contribution in [0.25, 0.3) is 44.8 Å². The van der Waals surface area contributed by atoms with Gasteiger partial charge < -0.3 is 34.7 Å². The number of ether oxygens (including phenoxy) is 1. The second-order valence-electron chi connectivity index (χ2n) is 19.4. The van der Waals surface area contributed by atoms with Gasteiger partial charge in [0.15, 0.2) is 0 Å². The van der Waals surface area contributed by atoms with Crippen LogP contribution in [-0.2, 0) is 15.6 Å². The quantitative estimate of drug-likeness (QED) is 0.163. The minimum absolute atomic E-state index is 0.0483. The van der Waals surface area contributed by atoms with Gasteiger partial charge in [0.2, 0.25) is 0 Å². The highest BCUT2D eigenvalue weighted by molar-refractivity contribution is 5.92. The summed E-state index contributed by atoms with van der Waals surface area (Å²) >= 11 is 0. The first-order valence-corrected chi connectivity index (χ1v) is 21.3. The largest absolute Gasteiger partial charge is 0.444 e. The van der Waals surface area contributed by atoms with Gasteiger partial charge in [-0.25, -0.2) is 14.8 Å². The van der Waals surface area contributed by atoms with E-state index >= 15 is 0 Å². The number of nitrogens with zero attached hydrogens (tertiary/aromatic N) is 5. The fourth-order valence-corrected chi connectivity index (χ4v) is 7.99. The molecule has 0 saturated carbocycles. The Morgan fingerprint density at radius 1 is 0.627 bits per heavy atom. The fourth-order valence-electron chi connectivity index (χ4n) is 7.99. The highest BCUT2D eigenvalue weighted by atomic mass is 16.6. The molecule has 312 valence electrons. The molecule has 2 aliphatic rings. The maximum atomic E-state index is 12.6. The summed E-state index contributed by atoms with van der Waals surface area (Å²) < 4.78 is 5.59. The van der Waals surface area contributed by atoms with Crippen LogP contribution >= 0.6 is 0 Å². The fraction of sp³-hybridized carbons (Fsp3) is 0.449. The summed E-state index contributed by atoms with van der Waals surface area (Å²) in [5, 5.41) is 3.51. The molecule has 3 N–H and O–H groups in total. The van der Waals surface area contributed by atoms with Gasteiger partial charge in [-0.05, 0) is 80.8 Å². The summed E-state index contributed by atoms with van der Waals surface area (Å²) in [6.07, 6.45) is -0.242. The zero-order valence-corrected chi connectivity index (χ0v) is 37.0. The van der Waals surface area contributed by atoms with Crippen molar-refractivity contribution in [1.29, 1.82) is 0 Å². The van der Waals surface area contributed by atoms with Crippen molar-refractivity contribution < 1.29 is 9.53 Å². The van der Waals surface area contributed by atoms with Crippen molar-refractivity contribution in [1.82, 2.24) is 30.2 Å². The van der Waals surface area contributed by atoms with E-state index in [-0.39, 0.29) is 23.0 Å². The first-order valence-electron chi connectivity index (χ1n) is 21.3. The number of carbonyl (C=O) groups is 1. The molecule has 1 amide bonds. The topological polar surface area (TPSA) is 105 Å². The molecule has 2 aliphatic heterocycles. The maximum Gasteiger partial charge on any atom is 0.410 e. The molecule has 0 spiro atoms. The van der Waals surface area contributed by atoms with E-state index in [1.54, 1.807) is 0 Å². The molecular weight excluding hydrogens is 733 g/mol. The minimum atomic E-state index is -0.490. The smallest absolute Gasteiger partial charge is 0.410 e. The third kappa shape index (κ3) is 9.59. The molecule has 2 aromatic heterocycles. The maximum absolute atomic E-state index is 12.6. The summed E-state index contributed by atoms with van der Waals surface area (Å²) in [6.45, 7) is 28.5. The van der Waals surface area contributed by atoms with Gasteiger partial charge in [0.05, 0.1) is 22.4 Å². The minimum Gasteiger partial charge on any atom is -0.444 e. The average Bonchev–Trinajstić information content (AvgIpc) is 3.82. The predicted octanol–water partition coefficient (Wildman–Crippen LogP) is 10.3. The number of aromatic nitrogens is 4. The molecule has 4 aromatic carbocycles. The van der Waals surface area contributed by atoms with Gasteiger partial charge in [0, 0.05) is 62.5 Å². The first-order chi connectivity index (χ1) is 27.8. The second kappa shape index (κ2) is 16.4. The number of hydrogen-bond donors (Lipinski definition) is 3. The number of anilines is 2. The lowest BCUT2D eigenvalue weighted by Gasteiger charge is -2.41. The van der Waals surface area contributed by atoms with Crippen molar-refractivity contribution in [2.45, 2.75) is 105 Å². The van der Waals surface area contributed by atoms with Crippen molar-refractivity contribution in [2.24, 2.45) is 0 Å². The Hall–Kier alpha value is -5.35. The molecule has 10 heteroatoms. The van der Waals surface area contributed by atoms with Gasteiger partial charge in [-0.15, -0.1) is 0 Å². The zero-order valence-electron chi connectivity index (χ0n) is 37.0. The number of carbonyl (C=O) groups excluding carboxylic acids is 1. The van der Waals surface area contributed by atoms with Crippen molar-refractivity contribution in [3.05, 3.63) is 96.1 Å². The molecule has 2 saturated heterocycles. The SMILES string of the molecule is C[C@H]1CN(c2cccc3[nH]c(-c4ccc(C(C)(C)C)cc4)nc23)CCN1.C[C@H]1CN(c2cccc3[nH]c(-c4ccc(C(C)(C)C)cc4)nc23)CCN1C(=O)OC(C)(C)C. The summed E-state index contributed by atoms with van der Waals surface area (Å²) in [6, 6.07) is 30.6. The van der Waals surface area contributed by atoms with Crippen LogP contribution < -0.4 is 15.1 Å². The predicted molar refractivity (Wildman–Crippen MR) is 245 cm³/mol.